The van der Waals surface area contributed by atoms with E-state index in [4.69, 9.17) is 0 Å². The quantitative estimate of drug-likeness (QED) is 0.627. The van der Waals surface area contributed by atoms with E-state index in [-0.39, 0.29) is 17.2 Å². The molecule has 0 saturated carbocycles. The standard InChI is InChI=1S/C20H21F3N2O2/c1-2-3-4-8-18(26)24-16-11-9-14(10-12-16)19(27)25-17-7-5-6-15(13-17)20(21,22)23/h5-7,9-13H,2-4,8H2,1H3,(H,24,26)(H,25,27). The van der Waals surface area contributed by atoms with Crippen molar-refractivity contribution in [3.8, 4) is 0 Å². The summed E-state index contributed by atoms with van der Waals surface area (Å²) in [5, 5.41) is 5.18. The maximum absolute atomic E-state index is 12.7. The third-order valence-corrected chi connectivity index (χ3v) is 3.89. The summed E-state index contributed by atoms with van der Waals surface area (Å²) in [6, 6.07) is 10.6. The zero-order chi connectivity index (χ0) is 19.9. The first-order chi connectivity index (χ1) is 12.8. The average Bonchev–Trinajstić information content (AvgIpc) is 2.62. The highest BCUT2D eigenvalue weighted by atomic mass is 19.4. The maximum atomic E-state index is 12.7. The number of rotatable bonds is 7. The minimum absolute atomic E-state index is 0.0585. The predicted octanol–water partition coefficient (Wildman–Crippen LogP) is 5.48. The lowest BCUT2D eigenvalue weighted by molar-refractivity contribution is -0.137. The fourth-order valence-electron chi connectivity index (χ4n) is 2.44. The number of halogens is 3. The SMILES string of the molecule is CCCCCC(=O)Nc1ccc(C(=O)Nc2cccc(C(F)(F)F)c2)cc1. The van der Waals surface area contributed by atoms with Gasteiger partial charge in [0.1, 0.15) is 0 Å². The number of unbranched alkanes of at least 4 members (excludes halogenated alkanes) is 2. The summed E-state index contributed by atoms with van der Waals surface area (Å²) in [6.45, 7) is 2.06. The van der Waals surface area contributed by atoms with Gasteiger partial charge in [0, 0.05) is 23.4 Å². The van der Waals surface area contributed by atoms with Crippen molar-refractivity contribution in [3.63, 3.8) is 0 Å². The third kappa shape index (κ3) is 6.44. The molecule has 0 unspecified atom stereocenters. The van der Waals surface area contributed by atoms with Gasteiger partial charge in [0.2, 0.25) is 5.91 Å². The lowest BCUT2D eigenvalue weighted by Gasteiger charge is -2.10. The number of amides is 2. The Morgan fingerprint density at radius 2 is 1.63 bits per heavy atom. The van der Waals surface area contributed by atoms with Gasteiger partial charge in [-0.3, -0.25) is 9.59 Å². The molecule has 0 aliphatic carbocycles. The van der Waals surface area contributed by atoms with Crippen molar-refractivity contribution in [2.24, 2.45) is 0 Å². The van der Waals surface area contributed by atoms with Crippen LogP contribution < -0.4 is 10.6 Å². The van der Waals surface area contributed by atoms with Crippen molar-refractivity contribution < 1.29 is 22.8 Å². The highest BCUT2D eigenvalue weighted by molar-refractivity contribution is 6.04. The van der Waals surface area contributed by atoms with E-state index in [1.807, 2.05) is 0 Å². The van der Waals surface area contributed by atoms with Gasteiger partial charge in [-0.25, -0.2) is 0 Å². The van der Waals surface area contributed by atoms with Crippen molar-refractivity contribution in [2.45, 2.75) is 38.8 Å². The number of carbonyl (C=O) groups excluding carboxylic acids is 2. The molecule has 0 spiro atoms. The fraction of sp³-hybridized carbons (Fsp3) is 0.300. The Labute approximate surface area is 155 Å². The van der Waals surface area contributed by atoms with Gasteiger partial charge in [0.25, 0.3) is 5.91 Å². The van der Waals surface area contributed by atoms with E-state index in [1.54, 1.807) is 12.1 Å². The smallest absolute Gasteiger partial charge is 0.326 e. The monoisotopic (exact) mass is 378 g/mol. The van der Waals surface area contributed by atoms with Crippen LogP contribution in [0.5, 0.6) is 0 Å². The van der Waals surface area contributed by atoms with Crippen molar-refractivity contribution in [3.05, 3.63) is 59.7 Å². The first kappa shape index (κ1) is 20.5. The molecule has 0 heterocycles. The molecule has 0 aliphatic heterocycles. The van der Waals surface area contributed by atoms with Crippen LogP contribution in [0, 0.1) is 0 Å². The summed E-state index contributed by atoms with van der Waals surface area (Å²) in [7, 11) is 0. The van der Waals surface area contributed by atoms with Crippen LogP contribution in [0.2, 0.25) is 0 Å². The summed E-state index contributed by atoms with van der Waals surface area (Å²) in [4.78, 5) is 24.0. The first-order valence-corrected chi connectivity index (χ1v) is 8.68. The van der Waals surface area contributed by atoms with Crippen LogP contribution in [-0.4, -0.2) is 11.8 Å². The van der Waals surface area contributed by atoms with Gasteiger partial charge in [0.15, 0.2) is 0 Å². The van der Waals surface area contributed by atoms with Crippen LogP contribution in [0.15, 0.2) is 48.5 Å². The molecule has 4 nitrogen and oxygen atoms in total. The van der Waals surface area contributed by atoms with E-state index in [0.29, 0.717) is 12.1 Å². The van der Waals surface area contributed by atoms with Gasteiger partial charge in [-0.15, -0.1) is 0 Å². The molecule has 0 bridgehead atoms. The summed E-state index contributed by atoms with van der Waals surface area (Å²) in [5.41, 5.74) is 0.0630. The molecule has 2 aromatic carbocycles. The van der Waals surface area contributed by atoms with E-state index >= 15 is 0 Å². The van der Waals surface area contributed by atoms with Crippen molar-refractivity contribution in [1.29, 1.82) is 0 Å². The Morgan fingerprint density at radius 3 is 2.26 bits per heavy atom. The molecule has 0 radical (unpaired) electrons. The highest BCUT2D eigenvalue weighted by Crippen LogP contribution is 2.30. The van der Waals surface area contributed by atoms with E-state index in [0.717, 1.165) is 31.4 Å². The van der Waals surface area contributed by atoms with Crippen molar-refractivity contribution in [2.75, 3.05) is 10.6 Å². The predicted molar refractivity (Wildman–Crippen MR) is 98.6 cm³/mol. The molecular formula is C20H21F3N2O2. The number of anilines is 2. The zero-order valence-corrected chi connectivity index (χ0v) is 14.9. The van der Waals surface area contributed by atoms with Gasteiger partial charge in [-0.2, -0.15) is 13.2 Å². The fourth-order valence-corrected chi connectivity index (χ4v) is 2.44. The number of benzene rings is 2. The molecule has 0 atom stereocenters. The minimum Gasteiger partial charge on any atom is -0.326 e. The number of hydrogen-bond donors (Lipinski definition) is 2. The van der Waals surface area contributed by atoms with Crippen LogP contribution >= 0.6 is 0 Å². The summed E-state index contributed by atoms with van der Waals surface area (Å²) in [6.07, 6.45) is -1.20. The van der Waals surface area contributed by atoms with E-state index in [9.17, 15) is 22.8 Å². The lowest BCUT2D eigenvalue weighted by atomic mass is 10.1. The molecule has 144 valence electrons. The normalized spacial score (nSPS) is 11.1. The Bertz CT molecular complexity index is 787. The van der Waals surface area contributed by atoms with E-state index in [2.05, 4.69) is 17.6 Å². The van der Waals surface area contributed by atoms with Gasteiger partial charge < -0.3 is 10.6 Å². The second-order valence-corrected chi connectivity index (χ2v) is 6.12. The zero-order valence-electron chi connectivity index (χ0n) is 14.9. The molecule has 2 rings (SSSR count). The van der Waals surface area contributed by atoms with Crippen LogP contribution in [0.25, 0.3) is 0 Å². The van der Waals surface area contributed by atoms with Gasteiger partial charge in [-0.05, 0) is 48.9 Å². The van der Waals surface area contributed by atoms with Crippen molar-refractivity contribution >= 4 is 23.2 Å². The Morgan fingerprint density at radius 1 is 0.926 bits per heavy atom. The highest BCUT2D eigenvalue weighted by Gasteiger charge is 2.30. The van der Waals surface area contributed by atoms with Crippen LogP contribution in [0.3, 0.4) is 0 Å². The van der Waals surface area contributed by atoms with Gasteiger partial charge in [-0.1, -0.05) is 25.8 Å². The molecular weight excluding hydrogens is 357 g/mol. The van der Waals surface area contributed by atoms with Crippen molar-refractivity contribution in [1.82, 2.24) is 0 Å². The number of nitrogens with one attached hydrogen (secondary N) is 2. The number of alkyl halides is 3. The van der Waals surface area contributed by atoms with Gasteiger partial charge in [0.05, 0.1) is 5.56 Å². The number of hydrogen-bond acceptors (Lipinski definition) is 2. The average molecular weight is 378 g/mol. The molecule has 27 heavy (non-hydrogen) atoms. The summed E-state index contributed by atoms with van der Waals surface area (Å²) in [5.74, 6) is -0.625. The van der Waals surface area contributed by atoms with E-state index in [1.165, 1.54) is 24.3 Å². The molecule has 0 aromatic heterocycles. The van der Waals surface area contributed by atoms with E-state index < -0.39 is 17.6 Å². The molecule has 0 fully saturated rings. The Balaban J connectivity index is 1.97. The van der Waals surface area contributed by atoms with Crippen LogP contribution in [0.4, 0.5) is 24.5 Å². The summed E-state index contributed by atoms with van der Waals surface area (Å²) >= 11 is 0. The molecule has 2 aromatic rings. The van der Waals surface area contributed by atoms with Crippen LogP contribution in [-0.2, 0) is 11.0 Å². The third-order valence-electron chi connectivity index (χ3n) is 3.89. The lowest BCUT2D eigenvalue weighted by Crippen LogP contribution is -2.14. The maximum Gasteiger partial charge on any atom is 0.416 e. The number of carbonyl (C=O) groups is 2. The molecule has 0 saturated heterocycles. The molecule has 2 amide bonds. The van der Waals surface area contributed by atoms with Crippen LogP contribution in [0.1, 0.15) is 48.5 Å². The second-order valence-electron chi connectivity index (χ2n) is 6.12. The first-order valence-electron chi connectivity index (χ1n) is 8.68. The molecule has 7 heteroatoms. The molecule has 2 N–H and O–H groups in total. The Kier molecular flexibility index (Phi) is 6.98. The molecule has 0 aliphatic rings. The second kappa shape index (κ2) is 9.21. The largest absolute Gasteiger partial charge is 0.416 e. The van der Waals surface area contributed by atoms with Gasteiger partial charge >= 0.3 is 6.18 Å². The minimum atomic E-state index is -4.47. The Hall–Kier alpha value is -2.83. The summed E-state index contributed by atoms with van der Waals surface area (Å²) < 4.78 is 38.2. The topological polar surface area (TPSA) is 58.2 Å².